The largest absolute Gasteiger partial charge is 0.497 e. The molecule has 1 aliphatic rings. The van der Waals surface area contributed by atoms with Crippen LogP contribution in [0, 0.1) is 5.41 Å². The number of ether oxygens (including phenoxy) is 1. The van der Waals surface area contributed by atoms with Crippen LogP contribution in [0.25, 0.3) is 0 Å². The van der Waals surface area contributed by atoms with Crippen molar-refractivity contribution in [3.05, 3.63) is 29.8 Å². The van der Waals surface area contributed by atoms with Crippen molar-refractivity contribution in [2.24, 2.45) is 11.1 Å². The van der Waals surface area contributed by atoms with Crippen LogP contribution in [-0.4, -0.2) is 38.6 Å². The third kappa shape index (κ3) is 6.50. The second-order valence-corrected chi connectivity index (χ2v) is 6.78. The lowest BCUT2D eigenvalue weighted by Crippen LogP contribution is -2.40. The Kier molecular flexibility index (Phi) is 9.44. The summed E-state index contributed by atoms with van der Waals surface area (Å²) in [7, 11) is 1.56. The Balaban J connectivity index is 0.00000338. The van der Waals surface area contributed by atoms with Gasteiger partial charge in [0.05, 0.1) is 7.11 Å². The third-order valence-corrected chi connectivity index (χ3v) is 4.95. The summed E-state index contributed by atoms with van der Waals surface area (Å²) in [4.78, 5) is 24.3. The third-order valence-electron chi connectivity index (χ3n) is 4.95. The van der Waals surface area contributed by atoms with Crippen LogP contribution in [0.1, 0.15) is 48.9 Å². The number of carbonyl (C=O) groups excluding carboxylic acids is 2. The van der Waals surface area contributed by atoms with Crippen molar-refractivity contribution < 1.29 is 14.3 Å². The Morgan fingerprint density at radius 3 is 2.50 bits per heavy atom. The Morgan fingerprint density at radius 1 is 1.15 bits per heavy atom. The van der Waals surface area contributed by atoms with E-state index in [9.17, 15) is 9.59 Å². The van der Waals surface area contributed by atoms with E-state index in [1.54, 1.807) is 31.4 Å². The van der Waals surface area contributed by atoms with Crippen molar-refractivity contribution in [3.8, 4) is 5.75 Å². The second kappa shape index (κ2) is 11.0. The van der Waals surface area contributed by atoms with Crippen LogP contribution in [0.15, 0.2) is 24.3 Å². The molecule has 0 bridgehead atoms. The minimum Gasteiger partial charge on any atom is -0.497 e. The monoisotopic (exact) mass is 383 g/mol. The second-order valence-electron chi connectivity index (χ2n) is 6.78. The van der Waals surface area contributed by atoms with E-state index in [0.29, 0.717) is 37.4 Å². The van der Waals surface area contributed by atoms with Gasteiger partial charge >= 0.3 is 0 Å². The van der Waals surface area contributed by atoms with Gasteiger partial charge in [0, 0.05) is 25.1 Å². The molecule has 0 heterocycles. The maximum Gasteiger partial charge on any atom is 0.251 e. The Morgan fingerprint density at radius 2 is 1.85 bits per heavy atom. The van der Waals surface area contributed by atoms with Gasteiger partial charge in [-0.3, -0.25) is 9.59 Å². The van der Waals surface area contributed by atoms with Crippen LogP contribution in [0.4, 0.5) is 0 Å². The molecule has 1 aromatic rings. The summed E-state index contributed by atoms with van der Waals surface area (Å²) in [5, 5.41) is 5.68. The van der Waals surface area contributed by atoms with Crippen molar-refractivity contribution in [2.75, 3.05) is 26.7 Å². The zero-order valence-corrected chi connectivity index (χ0v) is 16.2. The number of halogens is 1. The molecule has 0 spiro atoms. The molecule has 0 saturated heterocycles. The molecule has 1 aromatic carbocycles. The zero-order chi connectivity index (χ0) is 18.1. The highest BCUT2D eigenvalue weighted by Crippen LogP contribution is 2.38. The number of hydrogen-bond donors (Lipinski definition) is 3. The van der Waals surface area contributed by atoms with Crippen LogP contribution in [-0.2, 0) is 4.79 Å². The molecule has 1 aliphatic carbocycles. The summed E-state index contributed by atoms with van der Waals surface area (Å²) in [5.41, 5.74) is 6.42. The van der Waals surface area contributed by atoms with E-state index < -0.39 is 0 Å². The maximum absolute atomic E-state index is 12.2. The van der Waals surface area contributed by atoms with Gasteiger partial charge in [-0.1, -0.05) is 25.3 Å². The fourth-order valence-corrected chi connectivity index (χ4v) is 3.40. The number of benzene rings is 1. The van der Waals surface area contributed by atoms with Crippen molar-refractivity contribution >= 4 is 24.2 Å². The molecule has 146 valence electrons. The van der Waals surface area contributed by atoms with Gasteiger partial charge in [0.2, 0.25) is 5.91 Å². The summed E-state index contributed by atoms with van der Waals surface area (Å²) in [6, 6.07) is 6.97. The average molecular weight is 384 g/mol. The molecule has 1 saturated carbocycles. The van der Waals surface area contributed by atoms with Crippen LogP contribution in [0.5, 0.6) is 5.75 Å². The van der Waals surface area contributed by atoms with Gasteiger partial charge in [-0.2, -0.15) is 0 Å². The number of methoxy groups -OCH3 is 1. The van der Waals surface area contributed by atoms with Crippen molar-refractivity contribution in [3.63, 3.8) is 0 Å². The Bertz CT molecular complexity index is 589. The van der Waals surface area contributed by atoms with Crippen LogP contribution >= 0.6 is 12.4 Å². The number of rotatable bonds is 8. The number of hydrogen-bond acceptors (Lipinski definition) is 4. The van der Waals surface area contributed by atoms with Crippen molar-refractivity contribution in [1.29, 1.82) is 0 Å². The molecule has 6 nitrogen and oxygen atoms in total. The van der Waals surface area contributed by atoms with E-state index in [-0.39, 0.29) is 29.6 Å². The predicted molar refractivity (Wildman–Crippen MR) is 105 cm³/mol. The lowest BCUT2D eigenvalue weighted by atomic mass is 9.71. The summed E-state index contributed by atoms with van der Waals surface area (Å²) in [6.07, 6.45) is 6.09. The molecule has 1 fully saturated rings. The van der Waals surface area contributed by atoms with E-state index in [1.807, 2.05) is 0 Å². The minimum atomic E-state index is -0.182. The highest BCUT2D eigenvalue weighted by Gasteiger charge is 2.32. The molecule has 0 aliphatic heterocycles. The van der Waals surface area contributed by atoms with Gasteiger partial charge < -0.3 is 21.1 Å². The smallest absolute Gasteiger partial charge is 0.251 e. The fourth-order valence-electron chi connectivity index (χ4n) is 3.40. The van der Waals surface area contributed by atoms with Crippen molar-refractivity contribution in [2.45, 2.75) is 38.5 Å². The Hall–Kier alpha value is -1.79. The lowest BCUT2D eigenvalue weighted by Gasteiger charge is -2.35. The van der Waals surface area contributed by atoms with Crippen LogP contribution in [0.2, 0.25) is 0 Å². The van der Waals surface area contributed by atoms with Gasteiger partial charge in [0.15, 0.2) is 0 Å². The average Bonchev–Trinajstić information content (AvgIpc) is 2.65. The fraction of sp³-hybridized carbons (Fsp3) is 0.579. The zero-order valence-electron chi connectivity index (χ0n) is 15.4. The molecule has 0 atom stereocenters. The van der Waals surface area contributed by atoms with E-state index in [1.165, 1.54) is 6.42 Å². The minimum absolute atomic E-state index is 0. The normalized spacial score (nSPS) is 15.5. The highest BCUT2D eigenvalue weighted by molar-refractivity contribution is 5.94. The van der Waals surface area contributed by atoms with Gasteiger partial charge in [0.25, 0.3) is 5.91 Å². The number of carbonyl (C=O) groups is 2. The summed E-state index contributed by atoms with van der Waals surface area (Å²) in [6.45, 7) is 1.36. The molecule has 0 unspecified atom stereocenters. The SMILES string of the molecule is COc1cccc(C(=O)NCCNC(=O)CC2(CN)CCCCC2)c1.Cl. The summed E-state index contributed by atoms with van der Waals surface area (Å²) >= 11 is 0. The van der Waals surface area contributed by atoms with Crippen molar-refractivity contribution in [1.82, 2.24) is 10.6 Å². The highest BCUT2D eigenvalue weighted by atomic mass is 35.5. The molecule has 7 heteroatoms. The maximum atomic E-state index is 12.2. The van der Waals surface area contributed by atoms with E-state index >= 15 is 0 Å². The number of amides is 2. The van der Waals surface area contributed by atoms with Gasteiger partial charge in [-0.15, -0.1) is 12.4 Å². The molecule has 0 aromatic heterocycles. The predicted octanol–water partition coefficient (Wildman–Crippen LogP) is 2.26. The van der Waals surface area contributed by atoms with Gasteiger partial charge in [-0.05, 0) is 43.0 Å². The number of nitrogens with two attached hydrogens (primary N) is 1. The molecule has 4 N–H and O–H groups in total. The van der Waals surface area contributed by atoms with Crippen LogP contribution < -0.4 is 21.1 Å². The lowest BCUT2D eigenvalue weighted by molar-refractivity contribution is -0.123. The summed E-state index contributed by atoms with van der Waals surface area (Å²) in [5.74, 6) is 0.474. The van der Waals surface area contributed by atoms with Crippen LogP contribution in [0.3, 0.4) is 0 Å². The first-order valence-electron chi connectivity index (χ1n) is 8.98. The van der Waals surface area contributed by atoms with E-state index in [4.69, 9.17) is 10.5 Å². The Labute approximate surface area is 161 Å². The quantitative estimate of drug-likeness (QED) is 0.600. The topological polar surface area (TPSA) is 93.5 Å². The first-order valence-corrected chi connectivity index (χ1v) is 8.98. The molecule has 26 heavy (non-hydrogen) atoms. The van der Waals surface area contributed by atoms with Gasteiger partial charge in [0.1, 0.15) is 5.75 Å². The molecule has 0 radical (unpaired) electrons. The standard InChI is InChI=1S/C19H29N3O3.ClH/c1-25-16-7-5-6-15(12-16)18(24)22-11-10-21-17(23)13-19(14-20)8-3-2-4-9-19;/h5-7,12H,2-4,8-11,13-14,20H2,1H3,(H,21,23)(H,22,24);1H. The molecular weight excluding hydrogens is 354 g/mol. The molecule has 2 amide bonds. The molecule has 2 rings (SSSR count). The van der Waals surface area contributed by atoms with Gasteiger partial charge in [-0.25, -0.2) is 0 Å². The van der Waals surface area contributed by atoms with E-state index in [0.717, 1.165) is 25.7 Å². The first kappa shape index (κ1) is 22.3. The molecular formula is C19H30ClN3O3. The first-order chi connectivity index (χ1) is 12.1. The summed E-state index contributed by atoms with van der Waals surface area (Å²) < 4.78 is 5.11. The van der Waals surface area contributed by atoms with E-state index in [2.05, 4.69) is 10.6 Å². The number of nitrogens with one attached hydrogen (secondary N) is 2.